The Morgan fingerprint density at radius 3 is 2.72 bits per heavy atom. The van der Waals surface area contributed by atoms with Crippen molar-refractivity contribution >= 4 is 49.7 Å². The number of thioether (sulfide) groups is 1. The first kappa shape index (κ1) is 20.6. The monoisotopic (exact) mass is 452 g/mol. The molecule has 156 valence electrons. The van der Waals surface area contributed by atoms with Crippen molar-refractivity contribution in [1.82, 2.24) is 15.1 Å². The highest BCUT2D eigenvalue weighted by molar-refractivity contribution is 8.01. The largest absolute Gasteiger partial charge is 0.335 e. The summed E-state index contributed by atoms with van der Waals surface area (Å²) in [6.45, 7) is 4.12. The highest BCUT2D eigenvalue weighted by atomic mass is 32.2. The Bertz CT molecular complexity index is 1020. The number of rotatable bonds is 7. The number of hydrogen-bond acceptors (Lipinski definition) is 8. The summed E-state index contributed by atoms with van der Waals surface area (Å²) in [4.78, 5) is 14.7. The van der Waals surface area contributed by atoms with Crippen LogP contribution in [0.2, 0.25) is 0 Å². The molecule has 2 fully saturated rings. The summed E-state index contributed by atoms with van der Waals surface area (Å²) in [5.74, 6) is 0.539. The molecule has 2 heterocycles. The quantitative estimate of drug-likeness (QED) is 0.645. The molecule has 1 N–H and O–H groups in total. The van der Waals surface area contributed by atoms with Crippen LogP contribution in [0, 0.1) is 13.8 Å². The van der Waals surface area contributed by atoms with Crippen LogP contribution in [0.25, 0.3) is 0 Å². The Labute approximate surface area is 179 Å². The molecule has 1 saturated carbocycles. The van der Waals surface area contributed by atoms with Crippen LogP contribution in [0.3, 0.4) is 0 Å². The van der Waals surface area contributed by atoms with Crippen molar-refractivity contribution in [2.24, 2.45) is 0 Å². The molecule has 7 nitrogen and oxygen atoms in total. The van der Waals surface area contributed by atoms with Gasteiger partial charge in [0, 0.05) is 17.8 Å². The average Bonchev–Trinajstić information content (AvgIpc) is 3.29. The number of nitrogens with zero attached hydrogens (tertiary/aromatic N) is 3. The van der Waals surface area contributed by atoms with Crippen molar-refractivity contribution in [3.8, 4) is 0 Å². The minimum absolute atomic E-state index is 0.00108. The van der Waals surface area contributed by atoms with Gasteiger partial charge in [0.2, 0.25) is 11.0 Å². The Hall–Kier alpha value is -1.65. The SMILES string of the molecule is Cc1cccc(Nc2nnc(SCC(=O)N(C3CC3)C3CCS(=O)(=O)C3)s2)c1C. The number of carbonyl (C=O) groups excluding carboxylic acids is 1. The Balaban J connectivity index is 1.36. The van der Waals surface area contributed by atoms with E-state index in [9.17, 15) is 13.2 Å². The lowest BCUT2D eigenvalue weighted by atomic mass is 10.1. The highest BCUT2D eigenvalue weighted by Gasteiger charge is 2.41. The molecule has 1 amide bonds. The molecule has 2 aliphatic rings. The van der Waals surface area contributed by atoms with Gasteiger partial charge in [0.05, 0.1) is 17.3 Å². The number of amides is 1. The van der Waals surface area contributed by atoms with Crippen molar-refractivity contribution in [3.05, 3.63) is 29.3 Å². The van der Waals surface area contributed by atoms with Gasteiger partial charge >= 0.3 is 0 Å². The standard InChI is InChI=1S/C19H24N4O3S3/c1-12-4-3-5-16(13(12)2)20-18-21-22-19(28-18)27-10-17(24)23(14-6-7-14)15-8-9-29(25,26)11-15/h3-5,14-15H,6-11H2,1-2H3,(H,20,21). The fraction of sp³-hybridized carbons (Fsp3) is 0.526. The number of benzene rings is 1. The van der Waals surface area contributed by atoms with Crippen LogP contribution < -0.4 is 5.32 Å². The van der Waals surface area contributed by atoms with Gasteiger partial charge in [-0.1, -0.05) is 35.2 Å². The number of sulfone groups is 1. The molecule has 4 rings (SSSR count). The molecular formula is C19H24N4O3S3. The van der Waals surface area contributed by atoms with Gasteiger partial charge in [0.25, 0.3) is 0 Å². The lowest BCUT2D eigenvalue weighted by Crippen LogP contribution is -2.43. The fourth-order valence-electron chi connectivity index (χ4n) is 3.57. The molecule has 0 radical (unpaired) electrons. The Morgan fingerprint density at radius 2 is 2.03 bits per heavy atom. The summed E-state index contributed by atoms with van der Waals surface area (Å²) in [7, 11) is -3.01. The number of aryl methyl sites for hydroxylation is 1. The molecule has 0 bridgehead atoms. The van der Waals surface area contributed by atoms with E-state index < -0.39 is 9.84 Å². The number of anilines is 2. The summed E-state index contributed by atoms with van der Waals surface area (Å²) in [5.41, 5.74) is 3.36. The van der Waals surface area contributed by atoms with Crippen molar-refractivity contribution in [1.29, 1.82) is 0 Å². The second-order valence-electron chi connectivity index (χ2n) is 7.62. The van der Waals surface area contributed by atoms with Gasteiger partial charge in [-0.25, -0.2) is 8.42 Å². The zero-order valence-electron chi connectivity index (χ0n) is 16.4. The Kier molecular flexibility index (Phi) is 5.85. The zero-order valence-corrected chi connectivity index (χ0v) is 18.9. The van der Waals surface area contributed by atoms with Gasteiger partial charge in [0.1, 0.15) is 0 Å². The fourth-order valence-corrected chi connectivity index (χ4v) is 6.92. The van der Waals surface area contributed by atoms with E-state index in [1.807, 2.05) is 17.0 Å². The smallest absolute Gasteiger partial charge is 0.233 e. The molecule has 0 spiro atoms. The van der Waals surface area contributed by atoms with E-state index in [2.05, 4.69) is 35.4 Å². The summed E-state index contributed by atoms with van der Waals surface area (Å²) >= 11 is 2.78. The van der Waals surface area contributed by atoms with Crippen LogP contribution in [0.1, 0.15) is 30.4 Å². The van der Waals surface area contributed by atoms with Gasteiger partial charge in [-0.05, 0) is 50.3 Å². The molecule has 1 atom stereocenters. The number of aromatic nitrogens is 2. The molecule has 1 aliphatic carbocycles. The predicted molar refractivity (Wildman–Crippen MR) is 117 cm³/mol. The molecule has 10 heteroatoms. The maximum absolute atomic E-state index is 12.8. The molecule has 29 heavy (non-hydrogen) atoms. The van der Waals surface area contributed by atoms with E-state index in [0.717, 1.165) is 22.9 Å². The lowest BCUT2D eigenvalue weighted by molar-refractivity contribution is -0.130. The van der Waals surface area contributed by atoms with Crippen LogP contribution in [0.5, 0.6) is 0 Å². The van der Waals surface area contributed by atoms with E-state index >= 15 is 0 Å². The third-order valence-corrected chi connectivity index (χ3v) is 9.11. The minimum atomic E-state index is -3.01. The van der Waals surface area contributed by atoms with Crippen molar-refractivity contribution < 1.29 is 13.2 Å². The summed E-state index contributed by atoms with van der Waals surface area (Å²) in [6.07, 6.45) is 2.49. The van der Waals surface area contributed by atoms with Crippen molar-refractivity contribution in [3.63, 3.8) is 0 Å². The van der Waals surface area contributed by atoms with Gasteiger partial charge in [-0.3, -0.25) is 4.79 Å². The third kappa shape index (κ3) is 4.92. The zero-order chi connectivity index (χ0) is 20.6. The maximum Gasteiger partial charge on any atom is 0.233 e. The number of nitrogens with one attached hydrogen (secondary N) is 1. The summed E-state index contributed by atoms with van der Waals surface area (Å²) in [6, 6.07) is 6.10. The van der Waals surface area contributed by atoms with Crippen LogP contribution in [0.15, 0.2) is 22.5 Å². The third-order valence-electron chi connectivity index (χ3n) is 5.40. The van der Waals surface area contributed by atoms with Gasteiger partial charge in [-0.15, -0.1) is 10.2 Å². The van der Waals surface area contributed by atoms with Gasteiger partial charge < -0.3 is 10.2 Å². The van der Waals surface area contributed by atoms with E-state index in [0.29, 0.717) is 11.6 Å². The first-order valence-corrected chi connectivity index (χ1v) is 13.3. The van der Waals surface area contributed by atoms with Crippen LogP contribution in [-0.4, -0.2) is 58.8 Å². The first-order valence-electron chi connectivity index (χ1n) is 9.63. The molecule has 1 aliphatic heterocycles. The van der Waals surface area contributed by atoms with Crippen LogP contribution in [0.4, 0.5) is 10.8 Å². The highest BCUT2D eigenvalue weighted by Crippen LogP contribution is 2.34. The summed E-state index contributed by atoms with van der Waals surface area (Å²) in [5, 5.41) is 12.3. The second-order valence-corrected chi connectivity index (χ2v) is 12.1. The molecule has 2 aromatic rings. The van der Waals surface area contributed by atoms with E-state index in [-0.39, 0.29) is 35.2 Å². The molecule has 1 aromatic carbocycles. The summed E-state index contributed by atoms with van der Waals surface area (Å²) < 4.78 is 24.4. The maximum atomic E-state index is 12.8. The Morgan fingerprint density at radius 1 is 1.24 bits per heavy atom. The number of hydrogen-bond donors (Lipinski definition) is 1. The second kappa shape index (κ2) is 8.23. The van der Waals surface area contributed by atoms with Gasteiger partial charge in [-0.2, -0.15) is 0 Å². The normalized spacial score (nSPS) is 20.6. The van der Waals surface area contributed by atoms with E-state index in [1.54, 1.807) is 0 Å². The molecule has 1 saturated heterocycles. The topological polar surface area (TPSA) is 92.3 Å². The number of carbonyl (C=O) groups is 1. The molecule has 1 unspecified atom stereocenters. The van der Waals surface area contributed by atoms with Crippen molar-refractivity contribution in [2.45, 2.75) is 49.5 Å². The van der Waals surface area contributed by atoms with Crippen molar-refractivity contribution in [2.75, 3.05) is 22.6 Å². The van der Waals surface area contributed by atoms with Crippen LogP contribution in [-0.2, 0) is 14.6 Å². The minimum Gasteiger partial charge on any atom is -0.335 e. The lowest BCUT2D eigenvalue weighted by Gasteiger charge is -2.28. The molecule has 1 aromatic heterocycles. The predicted octanol–water partition coefficient (Wildman–Crippen LogP) is 3.17. The average molecular weight is 453 g/mol. The van der Waals surface area contributed by atoms with E-state index in [1.165, 1.54) is 34.2 Å². The van der Waals surface area contributed by atoms with Gasteiger partial charge in [0.15, 0.2) is 14.2 Å². The first-order chi connectivity index (χ1) is 13.8. The molecular weight excluding hydrogens is 428 g/mol. The van der Waals surface area contributed by atoms with E-state index in [4.69, 9.17) is 0 Å². The van der Waals surface area contributed by atoms with Crippen LogP contribution >= 0.6 is 23.1 Å².